The number of hydrogen-bond donors (Lipinski definition) is 1. The van der Waals surface area contributed by atoms with Gasteiger partial charge in [-0.05, 0) is 25.1 Å². The van der Waals surface area contributed by atoms with Crippen molar-refractivity contribution in [2.24, 2.45) is 5.73 Å². The molecular weight excluding hydrogens is 238 g/mol. The summed E-state index contributed by atoms with van der Waals surface area (Å²) in [7, 11) is 0. The third-order valence-electron chi connectivity index (χ3n) is 3.41. The van der Waals surface area contributed by atoms with Gasteiger partial charge in [-0.2, -0.15) is 0 Å². The van der Waals surface area contributed by atoms with Crippen molar-refractivity contribution in [2.45, 2.75) is 26.3 Å². The number of nitrogens with two attached hydrogens (primary N) is 1. The molecule has 1 aromatic carbocycles. The van der Waals surface area contributed by atoms with Crippen molar-refractivity contribution in [1.29, 1.82) is 0 Å². The number of rotatable bonds is 3. The Hall–Kier alpha value is -2.00. The highest BCUT2D eigenvalue weighted by molar-refractivity contribution is 5.83. The van der Waals surface area contributed by atoms with E-state index in [0.717, 1.165) is 40.2 Å². The van der Waals surface area contributed by atoms with Crippen LogP contribution in [0.2, 0.25) is 0 Å². The predicted molar refractivity (Wildman–Crippen MR) is 75.1 cm³/mol. The molecule has 3 rings (SSSR count). The molecule has 0 radical (unpaired) electrons. The molecule has 0 aliphatic rings. The highest BCUT2D eigenvalue weighted by atomic mass is 16.3. The summed E-state index contributed by atoms with van der Waals surface area (Å²) in [4.78, 5) is 0. The third-order valence-corrected chi connectivity index (χ3v) is 3.41. The minimum atomic E-state index is -0.285. The Balaban J connectivity index is 2.17. The monoisotopic (exact) mass is 255 g/mol. The third kappa shape index (κ3) is 1.96. The van der Waals surface area contributed by atoms with Gasteiger partial charge in [-0.3, -0.25) is 0 Å². The van der Waals surface area contributed by atoms with Crippen molar-refractivity contribution >= 4 is 11.0 Å². The van der Waals surface area contributed by atoms with Gasteiger partial charge in [0, 0.05) is 17.4 Å². The first-order valence-corrected chi connectivity index (χ1v) is 6.53. The molecule has 0 saturated carbocycles. The molecule has 0 aliphatic heterocycles. The molecule has 0 saturated heterocycles. The van der Waals surface area contributed by atoms with E-state index >= 15 is 0 Å². The van der Waals surface area contributed by atoms with Gasteiger partial charge in [0.1, 0.15) is 22.9 Å². The maximum Gasteiger partial charge on any atom is 0.134 e. The summed E-state index contributed by atoms with van der Waals surface area (Å²) in [5, 5.41) is 1.07. The Labute approximate surface area is 112 Å². The first-order chi connectivity index (χ1) is 9.20. The Morgan fingerprint density at radius 3 is 2.58 bits per heavy atom. The second-order valence-electron chi connectivity index (χ2n) is 4.71. The van der Waals surface area contributed by atoms with E-state index in [1.54, 1.807) is 0 Å². The smallest absolute Gasteiger partial charge is 0.134 e. The van der Waals surface area contributed by atoms with Crippen molar-refractivity contribution in [1.82, 2.24) is 0 Å². The van der Waals surface area contributed by atoms with Gasteiger partial charge in [-0.25, -0.2) is 0 Å². The van der Waals surface area contributed by atoms with E-state index in [-0.39, 0.29) is 6.04 Å². The lowest BCUT2D eigenvalue weighted by Crippen LogP contribution is -2.12. The Morgan fingerprint density at radius 2 is 1.89 bits per heavy atom. The highest BCUT2D eigenvalue weighted by Crippen LogP contribution is 2.33. The van der Waals surface area contributed by atoms with Crippen molar-refractivity contribution in [3.63, 3.8) is 0 Å². The molecule has 3 heteroatoms. The van der Waals surface area contributed by atoms with Crippen LogP contribution in [0.1, 0.15) is 35.8 Å². The average Bonchev–Trinajstić information content (AvgIpc) is 3.01. The van der Waals surface area contributed by atoms with Crippen LogP contribution in [-0.4, -0.2) is 0 Å². The molecule has 1 atom stereocenters. The number of para-hydroxylation sites is 1. The average molecular weight is 255 g/mol. The van der Waals surface area contributed by atoms with Crippen LogP contribution in [0.25, 0.3) is 11.0 Å². The number of benzene rings is 1. The number of fused-ring (bicyclic) bond motifs is 1. The van der Waals surface area contributed by atoms with Crippen LogP contribution < -0.4 is 5.73 Å². The predicted octanol–water partition coefficient (Wildman–Crippen LogP) is 3.94. The highest BCUT2D eigenvalue weighted by Gasteiger charge is 2.22. The summed E-state index contributed by atoms with van der Waals surface area (Å²) >= 11 is 0. The Morgan fingerprint density at radius 1 is 1.11 bits per heavy atom. The van der Waals surface area contributed by atoms with Gasteiger partial charge in [0.15, 0.2) is 0 Å². The lowest BCUT2D eigenvalue weighted by molar-refractivity contribution is 0.461. The first-order valence-electron chi connectivity index (χ1n) is 6.53. The first kappa shape index (κ1) is 12.1. The van der Waals surface area contributed by atoms with E-state index in [0.29, 0.717) is 0 Å². The molecule has 98 valence electrons. The van der Waals surface area contributed by atoms with Crippen LogP contribution in [-0.2, 0) is 6.42 Å². The molecular formula is C16H17NO2. The molecule has 0 bridgehead atoms. The molecule has 1 unspecified atom stereocenters. The summed E-state index contributed by atoms with van der Waals surface area (Å²) in [5.74, 6) is 2.58. The van der Waals surface area contributed by atoms with E-state index in [4.69, 9.17) is 14.6 Å². The summed E-state index contributed by atoms with van der Waals surface area (Å²) in [6, 6.07) is 11.6. The van der Waals surface area contributed by atoms with Gasteiger partial charge in [-0.15, -0.1) is 0 Å². The van der Waals surface area contributed by atoms with Gasteiger partial charge in [0.05, 0.1) is 6.04 Å². The van der Waals surface area contributed by atoms with E-state index in [2.05, 4.69) is 6.92 Å². The SMILES string of the molecule is CCc1oc2ccccc2c1C(N)c1ccc(C)o1. The number of hydrogen-bond acceptors (Lipinski definition) is 3. The van der Waals surface area contributed by atoms with Crippen LogP contribution in [0.5, 0.6) is 0 Å². The quantitative estimate of drug-likeness (QED) is 0.771. The molecule has 2 heterocycles. The Kier molecular flexibility index (Phi) is 2.91. The van der Waals surface area contributed by atoms with Crippen LogP contribution in [0.4, 0.5) is 0 Å². The van der Waals surface area contributed by atoms with Gasteiger partial charge in [0.2, 0.25) is 0 Å². The summed E-state index contributed by atoms with van der Waals surface area (Å²) in [5.41, 5.74) is 8.28. The molecule has 3 nitrogen and oxygen atoms in total. The van der Waals surface area contributed by atoms with Crippen LogP contribution >= 0.6 is 0 Å². The standard InChI is InChI=1S/C16H17NO2/c1-3-12-15(11-6-4-5-7-13(11)19-12)16(17)14-9-8-10(2)18-14/h4-9,16H,3,17H2,1-2H3. The van der Waals surface area contributed by atoms with Gasteiger partial charge < -0.3 is 14.6 Å². The van der Waals surface area contributed by atoms with E-state index in [9.17, 15) is 0 Å². The fourth-order valence-corrected chi connectivity index (χ4v) is 2.48. The molecule has 0 aliphatic carbocycles. The van der Waals surface area contributed by atoms with Crippen molar-refractivity contribution in [3.8, 4) is 0 Å². The lowest BCUT2D eigenvalue weighted by Gasteiger charge is -2.09. The topological polar surface area (TPSA) is 52.3 Å². The summed E-state index contributed by atoms with van der Waals surface area (Å²) in [6.45, 7) is 3.99. The zero-order chi connectivity index (χ0) is 13.4. The zero-order valence-electron chi connectivity index (χ0n) is 11.1. The minimum absolute atomic E-state index is 0.285. The largest absolute Gasteiger partial charge is 0.464 e. The molecule has 0 fully saturated rings. The molecule has 0 amide bonds. The second kappa shape index (κ2) is 4.59. The Bertz CT molecular complexity index is 708. The fourth-order valence-electron chi connectivity index (χ4n) is 2.48. The second-order valence-corrected chi connectivity index (χ2v) is 4.71. The van der Waals surface area contributed by atoms with Crippen LogP contribution in [0.15, 0.2) is 45.2 Å². The van der Waals surface area contributed by atoms with Crippen LogP contribution in [0, 0.1) is 6.92 Å². The summed E-state index contributed by atoms with van der Waals surface area (Å²) < 4.78 is 11.5. The molecule has 2 aromatic heterocycles. The van der Waals surface area contributed by atoms with E-state index in [1.165, 1.54) is 0 Å². The normalized spacial score (nSPS) is 13.0. The van der Waals surface area contributed by atoms with Crippen LogP contribution in [0.3, 0.4) is 0 Å². The van der Waals surface area contributed by atoms with E-state index < -0.39 is 0 Å². The number of furan rings is 2. The maximum absolute atomic E-state index is 6.36. The molecule has 0 spiro atoms. The lowest BCUT2D eigenvalue weighted by atomic mass is 10.0. The van der Waals surface area contributed by atoms with Gasteiger partial charge in [-0.1, -0.05) is 25.1 Å². The molecule has 19 heavy (non-hydrogen) atoms. The minimum Gasteiger partial charge on any atom is -0.464 e. The van der Waals surface area contributed by atoms with Crippen molar-refractivity contribution < 1.29 is 8.83 Å². The van der Waals surface area contributed by atoms with E-state index in [1.807, 2.05) is 43.3 Å². The molecule has 2 N–H and O–H groups in total. The van der Waals surface area contributed by atoms with Crippen molar-refractivity contribution in [2.75, 3.05) is 0 Å². The van der Waals surface area contributed by atoms with Gasteiger partial charge in [0.25, 0.3) is 0 Å². The fraction of sp³-hybridized carbons (Fsp3) is 0.250. The van der Waals surface area contributed by atoms with Crippen molar-refractivity contribution in [3.05, 3.63) is 59.2 Å². The van der Waals surface area contributed by atoms with Gasteiger partial charge >= 0.3 is 0 Å². The zero-order valence-corrected chi connectivity index (χ0v) is 11.1. The summed E-state index contributed by atoms with van der Waals surface area (Å²) in [6.07, 6.45) is 0.817. The maximum atomic E-state index is 6.36. The molecule has 3 aromatic rings. The number of aryl methyl sites for hydroxylation is 2.